The van der Waals surface area contributed by atoms with Gasteiger partial charge in [0.15, 0.2) is 0 Å². The summed E-state index contributed by atoms with van der Waals surface area (Å²) in [6.45, 7) is 0. The second kappa shape index (κ2) is 8.05. The van der Waals surface area contributed by atoms with Crippen LogP contribution in [0.15, 0.2) is 24.3 Å². The highest BCUT2D eigenvalue weighted by molar-refractivity contribution is 5.97. The van der Waals surface area contributed by atoms with Crippen LogP contribution in [-0.4, -0.2) is 44.5 Å². The lowest BCUT2D eigenvalue weighted by atomic mass is 10.0. The van der Waals surface area contributed by atoms with Crippen LogP contribution in [0, 0.1) is 0 Å². The molecule has 1 heterocycles. The molecule has 7 heteroatoms. The highest BCUT2D eigenvalue weighted by Crippen LogP contribution is 2.30. The van der Waals surface area contributed by atoms with Gasteiger partial charge in [0.1, 0.15) is 22.8 Å². The average molecular weight is 345 g/mol. The minimum Gasteiger partial charge on any atom is -0.507 e. The van der Waals surface area contributed by atoms with Gasteiger partial charge in [0.2, 0.25) is 5.88 Å². The number of ether oxygens (including phenoxy) is 4. The van der Waals surface area contributed by atoms with Crippen LogP contribution in [0.4, 0.5) is 0 Å². The van der Waals surface area contributed by atoms with Crippen molar-refractivity contribution in [3.05, 3.63) is 41.1 Å². The van der Waals surface area contributed by atoms with Crippen molar-refractivity contribution in [3.63, 3.8) is 0 Å². The molecule has 0 aliphatic carbocycles. The van der Waals surface area contributed by atoms with E-state index in [1.165, 1.54) is 34.5 Å². The number of aromatic nitrogens is 1. The summed E-state index contributed by atoms with van der Waals surface area (Å²) in [5.41, 5.74) is 1.01. The number of carbonyl (C=O) groups is 1. The third kappa shape index (κ3) is 4.20. The zero-order chi connectivity index (χ0) is 18.4. The summed E-state index contributed by atoms with van der Waals surface area (Å²) in [5, 5.41) is 10.1. The van der Waals surface area contributed by atoms with Gasteiger partial charge in [-0.3, -0.25) is 0 Å². The van der Waals surface area contributed by atoms with Crippen molar-refractivity contribution < 1.29 is 28.8 Å². The number of benzene rings is 1. The predicted octanol–water partition coefficient (Wildman–Crippen LogP) is 2.77. The number of pyridine rings is 1. The standard InChI is InChI=1S/C18H19NO6/c1-22-13-7-11(17(15(20)9-13)18(21)25-4)5-6-12-8-14(23-2)10-16(19-12)24-3/h5-10,20H,1-4H3/b6-5+. The van der Waals surface area contributed by atoms with Crippen LogP contribution in [0.1, 0.15) is 21.6 Å². The van der Waals surface area contributed by atoms with Gasteiger partial charge in [0, 0.05) is 18.2 Å². The Morgan fingerprint density at radius 1 is 0.960 bits per heavy atom. The number of hydrogen-bond acceptors (Lipinski definition) is 7. The zero-order valence-electron chi connectivity index (χ0n) is 14.4. The number of phenolic OH excluding ortho intramolecular Hbond substituents is 1. The van der Waals surface area contributed by atoms with E-state index in [0.29, 0.717) is 28.6 Å². The smallest absolute Gasteiger partial charge is 0.342 e. The van der Waals surface area contributed by atoms with E-state index in [1.54, 1.807) is 30.4 Å². The lowest BCUT2D eigenvalue weighted by molar-refractivity contribution is 0.0597. The molecule has 7 nitrogen and oxygen atoms in total. The maximum absolute atomic E-state index is 12.0. The van der Waals surface area contributed by atoms with Crippen molar-refractivity contribution in [2.45, 2.75) is 0 Å². The fourth-order valence-electron chi connectivity index (χ4n) is 2.18. The SMILES string of the molecule is COC(=O)c1c(O)cc(OC)cc1/C=C/c1cc(OC)cc(OC)n1. The van der Waals surface area contributed by atoms with E-state index in [4.69, 9.17) is 18.9 Å². The lowest BCUT2D eigenvalue weighted by Crippen LogP contribution is -2.04. The maximum Gasteiger partial charge on any atom is 0.342 e. The van der Waals surface area contributed by atoms with Crippen molar-refractivity contribution in [1.82, 2.24) is 4.98 Å². The highest BCUT2D eigenvalue weighted by Gasteiger charge is 2.17. The second-order valence-electron chi connectivity index (χ2n) is 4.91. The Morgan fingerprint density at radius 2 is 1.64 bits per heavy atom. The Morgan fingerprint density at radius 3 is 2.24 bits per heavy atom. The molecule has 0 unspecified atom stereocenters. The van der Waals surface area contributed by atoms with Crippen LogP contribution >= 0.6 is 0 Å². The molecule has 0 saturated heterocycles. The molecular weight excluding hydrogens is 326 g/mol. The number of nitrogens with zero attached hydrogens (tertiary/aromatic N) is 1. The molecule has 1 aromatic heterocycles. The maximum atomic E-state index is 12.0. The van der Waals surface area contributed by atoms with Crippen LogP contribution in [0.25, 0.3) is 12.2 Å². The molecule has 0 spiro atoms. The summed E-state index contributed by atoms with van der Waals surface area (Å²) in [5.74, 6) is 0.480. The van der Waals surface area contributed by atoms with Gasteiger partial charge >= 0.3 is 5.97 Å². The van der Waals surface area contributed by atoms with Crippen LogP contribution in [0.3, 0.4) is 0 Å². The van der Waals surface area contributed by atoms with Crippen molar-refractivity contribution in [2.24, 2.45) is 0 Å². The number of aromatic hydroxyl groups is 1. The first-order chi connectivity index (χ1) is 12.0. The molecule has 0 saturated carbocycles. The molecule has 25 heavy (non-hydrogen) atoms. The first-order valence-corrected chi connectivity index (χ1v) is 7.29. The fourth-order valence-corrected chi connectivity index (χ4v) is 2.18. The summed E-state index contributed by atoms with van der Waals surface area (Å²) in [7, 11) is 5.75. The van der Waals surface area contributed by atoms with Gasteiger partial charge < -0.3 is 24.1 Å². The Hall–Kier alpha value is -3.22. The third-order valence-electron chi connectivity index (χ3n) is 3.42. The molecule has 0 radical (unpaired) electrons. The van der Waals surface area contributed by atoms with Crippen LogP contribution < -0.4 is 14.2 Å². The second-order valence-corrected chi connectivity index (χ2v) is 4.91. The molecule has 0 atom stereocenters. The first-order valence-electron chi connectivity index (χ1n) is 7.29. The largest absolute Gasteiger partial charge is 0.507 e. The molecule has 2 rings (SSSR count). The molecule has 1 aromatic carbocycles. The van der Waals surface area contributed by atoms with Gasteiger partial charge in [-0.25, -0.2) is 9.78 Å². The molecule has 0 bridgehead atoms. The van der Waals surface area contributed by atoms with Crippen molar-refractivity contribution >= 4 is 18.1 Å². The Labute approximate surface area is 145 Å². The first kappa shape index (κ1) is 18.1. The van der Waals surface area contributed by atoms with Gasteiger partial charge in [0.25, 0.3) is 0 Å². The van der Waals surface area contributed by atoms with Crippen LogP contribution in [0.2, 0.25) is 0 Å². The molecule has 0 aliphatic rings. The molecule has 1 N–H and O–H groups in total. The number of rotatable bonds is 6. The summed E-state index contributed by atoms with van der Waals surface area (Å²) < 4.78 is 20.2. The van der Waals surface area contributed by atoms with Gasteiger partial charge in [-0.2, -0.15) is 0 Å². The van der Waals surface area contributed by atoms with E-state index < -0.39 is 5.97 Å². The van der Waals surface area contributed by atoms with E-state index in [2.05, 4.69) is 4.98 Å². The molecule has 2 aromatic rings. The monoisotopic (exact) mass is 345 g/mol. The molecule has 132 valence electrons. The summed E-state index contributed by atoms with van der Waals surface area (Å²) in [6, 6.07) is 6.31. The van der Waals surface area contributed by atoms with E-state index in [-0.39, 0.29) is 11.3 Å². The highest BCUT2D eigenvalue weighted by atomic mass is 16.5. The predicted molar refractivity (Wildman–Crippen MR) is 92.3 cm³/mol. The van der Waals surface area contributed by atoms with Crippen molar-refractivity contribution in [1.29, 1.82) is 0 Å². The van der Waals surface area contributed by atoms with E-state index in [0.717, 1.165) is 0 Å². The third-order valence-corrected chi connectivity index (χ3v) is 3.42. The van der Waals surface area contributed by atoms with Gasteiger partial charge in [0.05, 0.1) is 34.1 Å². The summed E-state index contributed by atoms with van der Waals surface area (Å²) in [4.78, 5) is 16.2. The average Bonchev–Trinajstić information content (AvgIpc) is 2.64. The Bertz CT molecular complexity index is 778. The molecule has 0 amide bonds. The topological polar surface area (TPSA) is 87.1 Å². The van der Waals surface area contributed by atoms with Crippen molar-refractivity contribution in [2.75, 3.05) is 28.4 Å². The Kier molecular flexibility index (Phi) is 5.84. The van der Waals surface area contributed by atoms with Gasteiger partial charge in [-0.05, 0) is 17.7 Å². The number of carbonyl (C=O) groups excluding carboxylic acids is 1. The molecule has 0 aliphatic heterocycles. The zero-order valence-corrected chi connectivity index (χ0v) is 14.4. The van der Waals surface area contributed by atoms with E-state index in [1.807, 2.05) is 0 Å². The fraction of sp³-hybridized carbons (Fsp3) is 0.222. The van der Waals surface area contributed by atoms with Crippen molar-refractivity contribution in [3.8, 4) is 23.1 Å². The van der Waals surface area contributed by atoms with Crippen LogP contribution in [-0.2, 0) is 4.74 Å². The normalized spacial score (nSPS) is 10.6. The lowest BCUT2D eigenvalue weighted by Gasteiger charge is -2.10. The number of hydrogen-bond donors (Lipinski definition) is 1. The van der Waals surface area contributed by atoms with Crippen LogP contribution in [0.5, 0.6) is 23.1 Å². The van der Waals surface area contributed by atoms with Gasteiger partial charge in [-0.1, -0.05) is 6.08 Å². The number of methoxy groups -OCH3 is 4. The summed E-state index contributed by atoms with van der Waals surface area (Å²) >= 11 is 0. The number of esters is 1. The number of phenols is 1. The minimum absolute atomic E-state index is 0.0365. The molecule has 0 fully saturated rings. The van der Waals surface area contributed by atoms with E-state index in [9.17, 15) is 9.90 Å². The Balaban J connectivity index is 2.50. The van der Waals surface area contributed by atoms with E-state index >= 15 is 0 Å². The van der Waals surface area contributed by atoms with Gasteiger partial charge in [-0.15, -0.1) is 0 Å². The molecular formula is C18H19NO6. The minimum atomic E-state index is -0.656. The summed E-state index contributed by atoms with van der Waals surface area (Å²) in [6.07, 6.45) is 3.28. The quantitative estimate of drug-likeness (QED) is 0.806.